The van der Waals surface area contributed by atoms with Gasteiger partial charge in [-0.2, -0.15) is 4.68 Å². The smallest absolute Gasteiger partial charge is 0.295 e. The number of nitrogens with zero attached hydrogens (tertiary/aromatic N) is 6. The number of aromatic nitrogens is 4. The maximum atomic E-state index is 11.4. The van der Waals surface area contributed by atoms with E-state index in [4.69, 9.17) is 5.21 Å². The van der Waals surface area contributed by atoms with Gasteiger partial charge in [-0.1, -0.05) is 36.4 Å². The highest BCUT2D eigenvalue weighted by atomic mass is 16.6. The van der Waals surface area contributed by atoms with Crippen LogP contribution in [-0.4, -0.2) is 54.2 Å². The number of likely N-dealkylation sites (tertiary alicyclic amines) is 1. The van der Waals surface area contributed by atoms with Crippen LogP contribution < -0.4 is 5.48 Å². The van der Waals surface area contributed by atoms with Crippen LogP contribution in [0, 0.1) is 10.1 Å². The monoisotopic (exact) mass is 449 g/mol. The van der Waals surface area contributed by atoms with Crippen LogP contribution in [0.2, 0.25) is 0 Å². The second-order valence-corrected chi connectivity index (χ2v) is 7.67. The summed E-state index contributed by atoms with van der Waals surface area (Å²) in [4.78, 5) is 24.5. The molecular formula is C22H23N7O4. The number of hydroxylamine groups is 1. The Balaban J connectivity index is 1.45. The Bertz CT molecular complexity index is 1160. The Labute approximate surface area is 189 Å². The van der Waals surface area contributed by atoms with Gasteiger partial charge in [-0.3, -0.25) is 25.0 Å². The fraction of sp³-hybridized carbons (Fsp3) is 0.273. The second-order valence-electron chi connectivity index (χ2n) is 7.67. The molecule has 1 amide bonds. The van der Waals surface area contributed by atoms with Crippen LogP contribution in [0.25, 0.3) is 11.8 Å². The lowest BCUT2D eigenvalue weighted by atomic mass is 10.0. The number of amides is 1. The number of nitro benzene ring substituents is 1. The average molecular weight is 449 g/mol. The van der Waals surface area contributed by atoms with Gasteiger partial charge in [0.2, 0.25) is 0 Å². The Morgan fingerprint density at radius 3 is 2.79 bits per heavy atom. The van der Waals surface area contributed by atoms with Crippen molar-refractivity contribution < 1.29 is 14.9 Å². The largest absolute Gasteiger partial charge is 0.296 e. The van der Waals surface area contributed by atoms with E-state index in [1.807, 2.05) is 24.3 Å². The van der Waals surface area contributed by atoms with Gasteiger partial charge in [0.25, 0.3) is 11.6 Å². The van der Waals surface area contributed by atoms with E-state index >= 15 is 0 Å². The molecule has 2 aromatic carbocycles. The third-order valence-corrected chi connectivity index (χ3v) is 5.69. The standard InChI is InChI=1S/C22H23N7O4/c30-22(24-31)12-9-16-7-10-17(11-8-16)18-6-3-14-27(18)15-13-21-23-25-26-28(21)19-4-1-2-5-20(19)29(32)33/h1-2,4-5,7-12,18,31H,3,6,13-15H2,(H,24,30). The molecule has 1 saturated heterocycles. The van der Waals surface area contributed by atoms with Crippen LogP contribution in [0.3, 0.4) is 0 Å². The normalized spacial score (nSPS) is 16.3. The number of rotatable bonds is 8. The molecule has 1 fully saturated rings. The predicted octanol–water partition coefficient (Wildman–Crippen LogP) is 2.47. The minimum atomic E-state index is -0.579. The van der Waals surface area contributed by atoms with Crippen molar-refractivity contribution in [3.63, 3.8) is 0 Å². The van der Waals surface area contributed by atoms with E-state index in [0.717, 1.165) is 24.9 Å². The molecule has 2 heterocycles. The number of benzene rings is 2. The first-order valence-electron chi connectivity index (χ1n) is 10.5. The molecular weight excluding hydrogens is 426 g/mol. The van der Waals surface area contributed by atoms with Gasteiger partial charge in [-0.15, -0.1) is 5.10 Å². The van der Waals surface area contributed by atoms with E-state index in [9.17, 15) is 14.9 Å². The van der Waals surface area contributed by atoms with Crippen molar-refractivity contribution >= 4 is 17.7 Å². The Hall–Kier alpha value is -3.96. The fourth-order valence-electron chi connectivity index (χ4n) is 4.10. The topological polar surface area (TPSA) is 139 Å². The Kier molecular flexibility index (Phi) is 6.81. The Morgan fingerprint density at radius 2 is 2.03 bits per heavy atom. The first-order chi connectivity index (χ1) is 16.1. The summed E-state index contributed by atoms with van der Waals surface area (Å²) in [5, 5.41) is 31.8. The van der Waals surface area contributed by atoms with Crippen molar-refractivity contribution in [3.05, 3.63) is 81.7 Å². The minimum Gasteiger partial charge on any atom is -0.296 e. The molecule has 2 N–H and O–H groups in total. The van der Waals surface area contributed by atoms with Crippen molar-refractivity contribution in [3.8, 4) is 5.69 Å². The quantitative estimate of drug-likeness (QED) is 0.231. The van der Waals surface area contributed by atoms with Crippen LogP contribution >= 0.6 is 0 Å². The van der Waals surface area contributed by atoms with Crippen molar-refractivity contribution in [2.75, 3.05) is 13.1 Å². The molecule has 0 spiro atoms. The molecule has 0 radical (unpaired) electrons. The van der Waals surface area contributed by atoms with E-state index < -0.39 is 10.8 Å². The van der Waals surface area contributed by atoms with Gasteiger partial charge >= 0.3 is 0 Å². The summed E-state index contributed by atoms with van der Waals surface area (Å²) < 4.78 is 1.44. The van der Waals surface area contributed by atoms with Crippen molar-refractivity contribution in [1.82, 2.24) is 30.6 Å². The lowest BCUT2D eigenvalue weighted by Crippen LogP contribution is -2.26. The van der Waals surface area contributed by atoms with Crippen molar-refractivity contribution in [2.45, 2.75) is 25.3 Å². The van der Waals surface area contributed by atoms with E-state index in [1.165, 1.54) is 22.4 Å². The molecule has 33 heavy (non-hydrogen) atoms. The van der Waals surface area contributed by atoms with Gasteiger partial charge in [-0.05, 0) is 53.1 Å². The molecule has 1 aromatic heterocycles. The minimum absolute atomic E-state index is 0.0456. The molecule has 0 saturated carbocycles. The second kappa shape index (κ2) is 10.1. The van der Waals surface area contributed by atoms with E-state index in [2.05, 4.69) is 20.4 Å². The number of hydrogen-bond acceptors (Lipinski definition) is 8. The first-order valence-corrected chi connectivity index (χ1v) is 10.5. The maximum absolute atomic E-state index is 11.4. The number of tetrazole rings is 1. The van der Waals surface area contributed by atoms with Gasteiger partial charge in [0, 0.05) is 31.1 Å². The lowest BCUT2D eigenvalue weighted by molar-refractivity contribution is -0.384. The fourth-order valence-corrected chi connectivity index (χ4v) is 4.10. The molecule has 3 aromatic rings. The van der Waals surface area contributed by atoms with Crippen LogP contribution in [0.5, 0.6) is 0 Å². The highest BCUT2D eigenvalue weighted by Crippen LogP contribution is 2.32. The zero-order valence-corrected chi connectivity index (χ0v) is 17.7. The van der Waals surface area contributed by atoms with Crippen molar-refractivity contribution in [2.24, 2.45) is 0 Å². The number of carbonyl (C=O) groups excluding carboxylic acids is 1. The van der Waals surface area contributed by atoms with Gasteiger partial charge in [-0.25, -0.2) is 5.48 Å². The van der Waals surface area contributed by atoms with Crippen LogP contribution in [-0.2, 0) is 11.2 Å². The molecule has 170 valence electrons. The van der Waals surface area contributed by atoms with Crippen LogP contribution in [0.15, 0.2) is 54.6 Å². The van der Waals surface area contributed by atoms with E-state index in [1.54, 1.807) is 29.8 Å². The molecule has 1 aliphatic heterocycles. The molecule has 0 aliphatic carbocycles. The summed E-state index contributed by atoms with van der Waals surface area (Å²) in [6, 6.07) is 14.6. The number of para-hydroxylation sites is 2. The average Bonchev–Trinajstić information content (AvgIpc) is 3.51. The van der Waals surface area contributed by atoms with Gasteiger partial charge in [0.05, 0.1) is 4.92 Å². The van der Waals surface area contributed by atoms with E-state index in [0.29, 0.717) is 24.5 Å². The number of hydrogen-bond donors (Lipinski definition) is 2. The van der Waals surface area contributed by atoms with E-state index in [-0.39, 0.29) is 11.7 Å². The summed E-state index contributed by atoms with van der Waals surface area (Å²) in [7, 11) is 0. The molecule has 4 rings (SSSR count). The summed E-state index contributed by atoms with van der Waals surface area (Å²) in [6.45, 7) is 1.65. The lowest BCUT2D eigenvalue weighted by Gasteiger charge is -2.24. The maximum Gasteiger partial charge on any atom is 0.295 e. The van der Waals surface area contributed by atoms with Crippen LogP contribution in [0.4, 0.5) is 5.69 Å². The SMILES string of the molecule is O=C(C=Cc1ccc(C2CCCN2CCc2nnnn2-c2ccccc2[N+](=O)[O-])cc1)NO. The highest BCUT2D eigenvalue weighted by molar-refractivity contribution is 5.90. The van der Waals surface area contributed by atoms with Crippen molar-refractivity contribution in [1.29, 1.82) is 0 Å². The summed E-state index contributed by atoms with van der Waals surface area (Å²) in [5.74, 6) is -0.0122. The summed E-state index contributed by atoms with van der Waals surface area (Å²) in [5.41, 5.74) is 3.90. The summed E-state index contributed by atoms with van der Waals surface area (Å²) in [6.07, 6.45) is 5.53. The molecule has 1 unspecified atom stereocenters. The van der Waals surface area contributed by atoms with Gasteiger partial charge in [0.15, 0.2) is 5.82 Å². The zero-order chi connectivity index (χ0) is 23.2. The predicted molar refractivity (Wildman–Crippen MR) is 118 cm³/mol. The first kappa shape index (κ1) is 22.2. The number of carbonyl (C=O) groups is 1. The van der Waals surface area contributed by atoms with Crippen LogP contribution in [0.1, 0.15) is 35.8 Å². The number of nitrogens with one attached hydrogen (secondary N) is 1. The Morgan fingerprint density at radius 1 is 1.24 bits per heavy atom. The highest BCUT2D eigenvalue weighted by Gasteiger charge is 2.26. The van der Waals surface area contributed by atoms with Gasteiger partial charge in [0.1, 0.15) is 5.69 Å². The van der Waals surface area contributed by atoms with Gasteiger partial charge < -0.3 is 0 Å². The molecule has 11 nitrogen and oxygen atoms in total. The third-order valence-electron chi connectivity index (χ3n) is 5.69. The summed E-state index contributed by atoms with van der Waals surface area (Å²) >= 11 is 0. The third kappa shape index (κ3) is 5.10. The molecule has 0 bridgehead atoms. The molecule has 1 atom stereocenters. The number of nitro groups is 1. The zero-order valence-electron chi connectivity index (χ0n) is 17.7. The molecule has 1 aliphatic rings. The molecule has 11 heteroatoms.